The van der Waals surface area contributed by atoms with Gasteiger partial charge in [-0.3, -0.25) is 4.79 Å². The number of likely N-dealkylation sites (N-methyl/N-ethyl adjacent to an activating group) is 1. The first-order valence-corrected chi connectivity index (χ1v) is 8.94. The molecule has 4 nitrogen and oxygen atoms in total. The van der Waals surface area contributed by atoms with Gasteiger partial charge in [0.1, 0.15) is 0 Å². The summed E-state index contributed by atoms with van der Waals surface area (Å²) in [5, 5.41) is 0. The highest BCUT2D eigenvalue weighted by Crippen LogP contribution is 2.41. The van der Waals surface area contributed by atoms with Crippen LogP contribution in [0.3, 0.4) is 0 Å². The number of benzene rings is 3. The van der Waals surface area contributed by atoms with Crippen LogP contribution in [0.1, 0.15) is 23.1 Å². The Morgan fingerprint density at radius 1 is 0.667 bits per heavy atom. The highest BCUT2D eigenvalue weighted by atomic mass is 16.2. The van der Waals surface area contributed by atoms with Crippen LogP contribution in [-0.2, 0) is 4.79 Å². The Labute approximate surface area is 158 Å². The normalized spacial score (nSPS) is 20.0. The number of para-hydroxylation sites is 1. The lowest BCUT2D eigenvalue weighted by atomic mass is 9.83. The molecule has 0 spiro atoms. The number of amides is 3. The van der Waals surface area contributed by atoms with E-state index >= 15 is 0 Å². The minimum Gasteiger partial charge on any atom is -0.319 e. The number of anilines is 1. The summed E-state index contributed by atoms with van der Waals surface area (Å²) in [7, 11) is 1.76. The van der Waals surface area contributed by atoms with Gasteiger partial charge in [-0.2, -0.15) is 0 Å². The van der Waals surface area contributed by atoms with Crippen LogP contribution in [0.15, 0.2) is 91.0 Å². The third kappa shape index (κ3) is 2.99. The lowest BCUT2D eigenvalue weighted by Crippen LogP contribution is -2.56. The van der Waals surface area contributed by atoms with Crippen LogP contribution in [0.2, 0.25) is 0 Å². The third-order valence-corrected chi connectivity index (χ3v) is 5.03. The number of hydrogen-bond donors (Lipinski definition) is 0. The van der Waals surface area contributed by atoms with E-state index in [-0.39, 0.29) is 18.0 Å². The molecule has 4 rings (SSSR count). The molecule has 3 amide bonds. The molecule has 1 heterocycles. The summed E-state index contributed by atoms with van der Waals surface area (Å²) in [6.07, 6.45) is 0. The van der Waals surface area contributed by atoms with Gasteiger partial charge in [-0.25, -0.2) is 9.69 Å². The highest BCUT2D eigenvalue weighted by Gasteiger charge is 2.46. The summed E-state index contributed by atoms with van der Waals surface area (Å²) in [5.41, 5.74) is 2.44. The van der Waals surface area contributed by atoms with Crippen LogP contribution in [-0.4, -0.2) is 23.9 Å². The molecule has 0 unspecified atom stereocenters. The Morgan fingerprint density at radius 3 is 1.70 bits per heavy atom. The van der Waals surface area contributed by atoms with Crippen molar-refractivity contribution in [3.05, 3.63) is 102 Å². The molecule has 1 aliphatic rings. The molecule has 27 heavy (non-hydrogen) atoms. The quantitative estimate of drug-likeness (QED) is 0.687. The average Bonchev–Trinajstić information content (AvgIpc) is 2.73. The maximum atomic E-state index is 13.5. The van der Waals surface area contributed by atoms with Crippen molar-refractivity contribution < 1.29 is 9.59 Å². The first kappa shape index (κ1) is 17.0. The Kier molecular flexibility index (Phi) is 4.47. The summed E-state index contributed by atoms with van der Waals surface area (Å²) in [5.74, 6) is -0.680. The minimum atomic E-state index is -0.475. The van der Waals surface area contributed by atoms with E-state index in [2.05, 4.69) is 0 Å². The largest absolute Gasteiger partial charge is 0.331 e. The van der Waals surface area contributed by atoms with Gasteiger partial charge in [0.2, 0.25) is 5.91 Å². The second kappa shape index (κ2) is 7.08. The Hall–Kier alpha value is -3.40. The number of carbonyl (C=O) groups is 2. The van der Waals surface area contributed by atoms with Gasteiger partial charge in [0.05, 0.1) is 17.6 Å². The van der Waals surface area contributed by atoms with E-state index in [1.54, 1.807) is 24.1 Å². The molecule has 0 radical (unpaired) electrons. The molecule has 134 valence electrons. The van der Waals surface area contributed by atoms with Gasteiger partial charge in [-0.05, 0) is 23.3 Å². The maximum absolute atomic E-state index is 13.5. The number of rotatable bonds is 3. The van der Waals surface area contributed by atoms with E-state index in [0.717, 1.165) is 11.1 Å². The predicted molar refractivity (Wildman–Crippen MR) is 105 cm³/mol. The molecule has 1 aliphatic heterocycles. The van der Waals surface area contributed by atoms with Crippen molar-refractivity contribution in [2.45, 2.75) is 12.0 Å². The number of urea groups is 1. The molecule has 0 saturated carbocycles. The van der Waals surface area contributed by atoms with E-state index in [1.165, 1.54) is 4.90 Å². The lowest BCUT2D eigenvalue weighted by molar-refractivity contribution is -0.122. The second-order valence-electron chi connectivity index (χ2n) is 6.65. The fourth-order valence-corrected chi connectivity index (χ4v) is 3.73. The number of nitrogens with zero attached hydrogens (tertiary/aromatic N) is 2. The van der Waals surface area contributed by atoms with Gasteiger partial charge in [-0.1, -0.05) is 78.9 Å². The molecular formula is C23H20N2O2. The fraction of sp³-hybridized carbons (Fsp3) is 0.130. The van der Waals surface area contributed by atoms with Gasteiger partial charge in [-0.15, -0.1) is 0 Å². The molecule has 0 N–H and O–H groups in total. The van der Waals surface area contributed by atoms with Crippen molar-refractivity contribution in [1.82, 2.24) is 4.90 Å². The number of imide groups is 1. The van der Waals surface area contributed by atoms with Crippen LogP contribution in [0.25, 0.3) is 0 Å². The van der Waals surface area contributed by atoms with E-state index in [1.807, 2.05) is 78.9 Å². The van der Waals surface area contributed by atoms with Crippen LogP contribution in [0.5, 0.6) is 0 Å². The van der Waals surface area contributed by atoms with Gasteiger partial charge in [0.25, 0.3) is 0 Å². The van der Waals surface area contributed by atoms with Crippen LogP contribution < -0.4 is 4.90 Å². The second-order valence-corrected chi connectivity index (χ2v) is 6.65. The first-order chi connectivity index (χ1) is 13.2. The maximum Gasteiger partial charge on any atom is 0.331 e. The average molecular weight is 356 g/mol. The van der Waals surface area contributed by atoms with E-state index in [9.17, 15) is 9.59 Å². The monoisotopic (exact) mass is 356 g/mol. The zero-order valence-electron chi connectivity index (χ0n) is 15.0. The summed E-state index contributed by atoms with van der Waals surface area (Å²) in [6.45, 7) is 0. The zero-order chi connectivity index (χ0) is 18.8. The number of carbonyl (C=O) groups excluding carboxylic acids is 2. The third-order valence-electron chi connectivity index (χ3n) is 5.03. The molecule has 3 aromatic carbocycles. The first-order valence-electron chi connectivity index (χ1n) is 8.94. The standard InChI is InChI=1S/C23H20N2O2/c1-24-21(18-13-7-3-8-14-18)20(17-11-5-2-6-12-17)22(26)25(23(24)27)19-15-9-4-10-16-19/h2-16,20-21H,1H3/t20-,21-/m0/s1. The molecule has 3 aromatic rings. The van der Waals surface area contributed by atoms with Crippen LogP contribution in [0, 0.1) is 0 Å². The van der Waals surface area contributed by atoms with Gasteiger partial charge < -0.3 is 4.90 Å². The van der Waals surface area contributed by atoms with Crippen LogP contribution >= 0.6 is 0 Å². The Morgan fingerprint density at radius 2 is 1.15 bits per heavy atom. The van der Waals surface area contributed by atoms with Gasteiger partial charge >= 0.3 is 6.03 Å². The Balaban J connectivity index is 1.86. The molecular weight excluding hydrogens is 336 g/mol. The molecule has 1 saturated heterocycles. The Bertz CT molecular complexity index is 942. The summed E-state index contributed by atoms with van der Waals surface area (Å²) >= 11 is 0. The molecule has 2 atom stereocenters. The summed E-state index contributed by atoms with van der Waals surface area (Å²) in [6, 6.07) is 27.9. The van der Waals surface area contributed by atoms with Gasteiger partial charge in [0.15, 0.2) is 0 Å². The lowest BCUT2D eigenvalue weighted by Gasteiger charge is -2.43. The van der Waals surface area contributed by atoms with Crippen molar-refractivity contribution in [3.63, 3.8) is 0 Å². The van der Waals surface area contributed by atoms with Gasteiger partial charge in [0, 0.05) is 7.05 Å². The number of hydrogen-bond acceptors (Lipinski definition) is 2. The minimum absolute atomic E-state index is 0.204. The van der Waals surface area contributed by atoms with E-state index in [0.29, 0.717) is 5.69 Å². The van der Waals surface area contributed by atoms with E-state index < -0.39 is 5.92 Å². The zero-order valence-corrected chi connectivity index (χ0v) is 15.0. The van der Waals surface area contributed by atoms with Crippen LogP contribution in [0.4, 0.5) is 10.5 Å². The molecule has 0 bridgehead atoms. The summed E-state index contributed by atoms with van der Waals surface area (Å²) in [4.78, 5) is 29.6. The summed E-state index contributed by atoms with van der Waals surface area (Å²) < 4.78 is 0. The van der Waals surface area contributed by atoms with Crippen molar-refractivity contribution >= 4 is 17.6 Å². The highest BCUT2D eigenvalue weighted by molar-refractivity contribution is 6.18. The SMILES string of the molecule is CN1C(=O)N(c2ccccc2)C(=O)[C@@H](c2ccccc2)[C@@H]1c1ccccc1. The fourth-order valence-electron chi connectivity index (χ4n) is 3.73. The molecule has 0 aromatic heterocycles. The van der Waals surface area contributed by atoms with E-state index in [4.69, 9.17) is 0 Å². The molecule has 4 heteroatoms. The van der Waals surface area contributed by atoms with Crippen molar-refractivity contribution in [3.8, 4) is 0 Å². The topological polar surface area (TPSA) is 40.6 Å². The van der Waals surface area contributed by atoms with Crippen molar-refractivity contribution in [1.29, 1.82) is 0 Å². The molecule has 0 aliphatic carbocycles. The van der Waals surface area contributed by atoms with Crippen molar-refractivity contribution in [2.24, 2.45) is 0 Å². The smallest absolute Gasteiger partial charge is 0.319 e. The predicted octanol–water partition coefficient (Wildman–Crippen LogP) is 4.61. The molecule has 1 fully saturated rings. The van der Waals surface area contributed by atoms with Crippen molar-refractivity contribution in [2.75, 3.05) is 11.9 Å².